The van der Waals surface area contributed by atoms with Crippen LogP contribution in [0, 0.1) is 11.3 Å². The van der Waals surface area contributed by atoms with E-state index in [2.05, 4.69) is 10.0 Å². The molecule has 0 unspecified atom stereocenters. The Morgan fingerprint density at radius 3 is 2.27 bits per heavy atom. The van der Waals surface area contributed by atoms with Crippen molar-refractivity contribution < 1.29 is 4.79 Å². The summed E-state index contributed by atoms with van der Waals surface area (Å²) < 4.78 is 0. The van der Waals surface area contributed by atoms with Gasteiger partial charge in [0.15, 0.2) is 0 Å². The number of azide groups is 1. The van der Waals surface area contributed by atoms with Crippen LogP contribution in [0.25, 0.3) is 10.4 Å². The third-order valence-electron chi connectivity index (χ3n) is 2.13. The molecule has 0 radical (unpaired) electrons. The van der Waals surface area contributed by atoms with Gasteiger partial charge in [-0.25, -0.2) is 0 Å². The highest BCUT2D eigenvalue weighted by molar-refractivity contribution is 5.82. The molecule has 0 aromatic rings. The fourth-order valence-electron chi connectivity index (χ4n) is 0.416. The van der Waals surface area contributed by atoms with Crippen LogP contribution in [0.2, 0.25) is 0 Å². The first kappa shape index (κ1) is 9.98. The molecule has 0 bridgehead atoms. The Morgan fingerprint density at radius 2 is 2.00 bits per heavy atom. The predicted octanol–water partition coefficient (Wildman–Crippen LogP) is 2.51. The zero-order valence-electron chi connectivity index (χ0n) is 7.33. The lowest BCUT2D eigenvalue weighted by atomic mass is 9.81. The molecule has 0 aliphatic carbocycles. The van der Waals surface area contributed by atoms with Crippen molar-refractivity contribution in [1.29, 1.82) is 0 Å². The topological polar surface area (TPSA) is 65.8 Å². The largest absolute Gasteiger partial charge is 0.292 e. The highest BCUT2D eigenvalue weighted by Crippen LogP contribution is 2.27. The minimum atomic E-state index is -0.549. The molecule has 0 spiro atoms. The minimum Gasteiger partial charge on any atom is -0.292 e. The van der Waals surface area contributed by atoms with E-state index in [1.54, 1.807) is 13.8 Å². The van der Waals surface area contributed by atoms with Crippen LogP contribution in [0.1, 0.15) is 27.7 Å². The zero-order chi connectivity index (χ0) is 9.07. The maximum atomic E-state index is 11.1. The molecule has 0 aromatic carbocycles. The molecule has 0 rings (SSSR count). The van der Waals surface area contributed by atoms with Crippen LogP contribution in [0.15, 0.2) is 5.11 Å². The SMILES string of the molecule is CC(C)C(C)(C)C(=O)N=[N+]=[N-]. The second kappa shape index (κ2) is 3.39. The number of carbonyl (C=O) groups is 1. The molecule has 62 valence electrons. The van der Waals surface area contributed by atoms with Crippen LogP contribution in [0.3, 0.4) is 0 Å². The second-order valence-electron chi connectivity index (χ2n) is 3.37. The summed E-state index contributed by atoms with van der Waals surface area (Å²) in [6.07, 6.45) is 0. The van der Waals surface area contributed by atoms with Crippen LogP contribution >= 0.6 is 0 Å². The van der Waals surface area contributed by atoms with Crippen molar-refractivity contribution in [3.05, 3.63) is 10.4 Å². The lowest BCUT2D eigenvalue weighted by Gasteiger charge is -2.24. The van der Waals surface area contributed by atoms with Crippen molar-refractivity contribution in [3.63, 3.8) is 0 Å². The number of amides is 1. The molecular formula is C7H13N3O. The minimum absolute atomic E-state index is 0.181. The average molecular weight is 155 g/mol. The fourth-order valence-corrected chi connectivity index (χ4v) is 0.416. The van der Waals surface area contributed by atoms with E-state index < -0.39 is 11.3 Å². The molecular weight excluding hydrogens is 142 g/mol. The van der Waals surface area contributed by atoms with Gasteiger partial charge in [0.1, 0.15) is 0 Å². The standard InChI is InChI=1S/C7H13N3O/c1-5(2)7(3,4)6(11)9-10-8/h5H,1-4H3. The molecule has 0 N–H and O–H groups in total. The summed E-state index contributed by atoms with van der Waals surface area (Å²) >= 11 is 0. The van der Waals surface area contributed by atoms with E-state index in [9.17, 15) is 4.79 Å². The average Bonchev–Trinajstić information content (AvgIpc) is 1.88. The molecule has 4 nitrogen and oxygen atoms in total. The van der Waals surface area contributed by atoms with E-state index in [1.807, 2.05) is 13.8 Å². The Hall–Kier alpha value is -1.02. The van der Waals surface area contributed by atoms with Crippen LogP contribution in [-0.2, 0) is 4.79 Å². The van der Waals surface area contributed by atoms with Crippen LogP contribution < -0.4 is 0 Å². The van der Waals surface area contributed by atoms with Crippen molar-refractivity contribution in [2.45, 2.75) is 27.7 Å². The Morgan fingerprint density at radius 1 is 1.55 bits per heavy atom. The van der Waals surface area contributed by atoms with Gasteiger partial charge in [0.25, 0.3) is 0 Å². The third-order valence-corrected chi connectivity index (χ3v) is 2.13. The van der Waals surface area contributed by atoms with E-state index in [0.29, 0.717) is 0 Å². The summed E-state index contributed by atoms with van der Waals surface area (Å²) in [4.78, 5) is 13.5. The monoisotopic (exact) mass is 155 g/mol. The van der Waals surface area contributed by atoms with E-state index in [0.717, 1.165) is 0 Å². The van der Waals surface area contributed by atoms with Gasteiger partial charge in [0.05, 0.1) is 0 Å². The quantitative estimate of drug-likeness (QED) is 0.343. The van der Waals surface area contributed by atoms with Gasteiger partial charge in [-0.05, 0) is 16.6 Å². The molecule has 0 aromatic heterocycles. The van der Waals surface area contributed by atoms with Gasteiger partial charge in [-0.2, -0.15) is 0 Å². The van der Waals surface area contributed by atoms with E-state index in [4.69, 9.17) is 5.53 Å². The predicted molar refractivity (Wildman–Crippen MR) is 42.8 cm³/mol. The summed E-state index contributed by atoms with van der Waals surface area (Å²) in [6, 6.07) is 0. The van der Waals surface area contributed by atoms with Gasteiger partial charge in [-0.1, -0.05) is 27.7 Å². The van der Waals surface area contributed by atoms with Gasteiger partial charge in [0.2, 0.25) is 5.91 Å². The van der Waals surface area contributed by atoms with E-state index >= 15 is 0 Å². The summed E-state index contributed by atoms with van der Waals surface area (Å²) in [5.41, 5.74) is 7.47. The summed E-state index contributed by atoms with van der Waals surface area (Å²) in [6.45, 7) is 7.39. The number of hydrogen-bond acceptors (Lipinski definition) is 1. The Bertz CT molecular complexity index is 202. The first-order chi connectivity index (χ1) is 4.92. The van der Waals surface area contributed by atoms with Crippen LogP contribution in [0.5, 0.6) is 0 Å². The lowest BCUT2D eigenvalue weighted by molar-refractivity contribution is -0.127. The van der Waals surface area contributed by atoms with Crippen molar-refractivity contribution >= 4 is 5.91 Å². The zero-order valence-corrected chi connectivity index (χ0v) is 7.33. The second-order valence-corrected chi connectivity index (χ2v) is 3.37. The normalized spacial score (nSPS) is 11.0. The Labute approximate surface area is 66.2 Å². The van der Waals surface area contributed by atoms with Gasteiger partial charge < -0.3 is 0 Å². The molecule has 0 saturated carbocycles. The number of rotatable bonds is 2. The van der Waals surface area contributed by atoms with Crippen molar-refractivity contribution in [1.82, 2.24) is 0 Å². The lowest BCUT2D eigenvalue weighted by Crippen LogP contribution is -2.27. The molecule has 0 saturated heterocycles. The van der Waals surface area contributed by atoms with Gasteiger partial charge in [-0.3, -0.25) is 4.79 Å². The van der Waals surface area contributed by atoms with Crippen LogP contribution in [-0.4, -0.2) is 5.91 Å². The maximum Gasteiger partial charge on any atom is 0.224 e. The van der Waals surface area contributed by atoms with Gasteiger partial charge in [-0.15, -0.1) is 0 Å². The van der Waals surface area contributed by atoms with Gasteiger partial charge in [0, 0.05) is 10.3 Å². The summed E-state index contributed by atoms with van der Waals surface area (Å²) in [7, 11) is 0. The van der Waals surface area contributed by atoms with Crippen molar-refractivity contribution in [3.8, 4) is 0 Å². The smallest absolute Gasteiger partial charge is 0.224 e. The molecule has 0 aliphatic rings. The molecule has 11 heavy (non-hydrogen) atoms. The Kier molecular flexibility index (Phi) is 3.08. The van der Waals surface area contributed by atoms with Crippen LogP contribution in [0.4, 0.5) is 0 Å². The van der Waals surface area contributed by atoms with E-state index in [1.165, 1.54) is 0 Å². The fraction of sp³-hybridized carbons (Fsp3) is 0.857. The highest BCUT2D eigenvalue weighted by atomic mass is 16.2. The Balaban J connectivity index is 4.55. The third kappa shape index (κ3) is 2.24. The van der Waals surface area contributed by atoms with Crippen molar-refractivity contribution in [2.24, 2.45) is 16.4 Å². The highest BCUT2D eigenvalue weighted by Gasteiger charge is 2.29. The number of carbonyl (C=O) groups excluding carboxylic acids is 1. The molecule has 0 heterocycles. The first-order valence-corrected chi connectivity index (χ1v) is 3.52. The molecule has 0 atom stereocenters. The molecule has 1 amide bonds. The molecule has 4 heteroatoms. The summed E-state index contributed by atoms with van der Waals surface area (Å²) in [5.74, 6) is -0.212. The summed E-state index contributed by atoms with van der Waals surface area (Å²) in [5, 5.41) is 3.06. The number of nitrogens with zero attached hydrogens (tertiary/aromatic N) is 3. The number of hydrogen-bond donors (Lipinski definition) is 0. The maximum absolute atomic E-state index is 11.1. The molecule has 0 aliphatic heterocycles. The molecule has 0 fully saturated rings. The van der Waals surface area contributed by atoms with Gasteiger partial charge >= 0.3 is 0 Å². The first-order valence-electron chi connectivity index (χ1n) is 3.52. The van der Waals surface area contributed by atoms with E-state index in [-0.39, 0.29) is 5.92 Å². The van der Waals surface area contributed by atoms with Crippen molar-refractivity contribution in [2.75, 3.05) is 0 Å².